The van der Waals surface area contributed by atoms with Crippen LogP contribution in [0.3, 0.4) is 0 Å². The van der Waals surface area contributed by atoms with Gasteiger partial charge in [0.1, 0.15) is 8.07 Å². The Morgan fingerprint density at radius 1 is 0.792 bits per heavy atom. The standard InChI is InChI=1S/C23H36Si/c1-15(2)24(16(3)4,22-12-17(5)11-18(6)13-22)23(10)14-19(7)20(8)21(23)9/h11-16H,1-10H3. The second-order valence-corrected chi connectivity index (χ2v) is 14.5. The maximum atomic E-state index is 2.61. The van der Waals surface area contributed by atoms with Gasteiger partial charge < -0.3 is 0 Å². The summed E-state index contributed by atoms with van der Waals surface area (Å²) in [6.07, 6.45) is 2.61. The minimum Gasteiger partial charge on any atom is -0.0737 e. The van der Waals surface area contributed by atoms with Gasteiger partial charge in [-0.1, -0.05) is 86.4 Å². The van der Waals surface area contributed by atoms with Crippen molar-refractivity contribution in [2.75, 3.05) is 0 Å². The fourth-order valence-corrected chi connectivity index (χ4v) is 13.7. The fraction of sp³-hybridized carbons (Fsp3) is 0.565. The van der Waals surface area contributed by atoms with Crippen LogP contribution in [-0.4, -0.2) is 8.07 Å². The van der Waals surface area contributed by atoms with Gasteiger partial charge in [0.15, 0.2) is 0 Å². The minimum atomic E-state index is -1.86. The van der Waals surface area contributed by atoms with Crippen molar-refractivity contribution in [2.45, 2.75) is 85.4 Å². The Hall–Kier alpha value is -1.08. The number of rotatable bonds is 4. The van der Waals surface area contributed by atoms with Crippen molar-refractivity contribution >= 4 is 13.3 Å². The maximum Gasteiger partial charge on any atom is 0.106 e. The summed E-state index contributed by atoms with van der Waals surface area (Å²) < 4.78 is 0. The first-order valence-electron chi connectivity index (χ1n) is 9.45. The van der Waals surface area contributed by atoms with Crippen molar-refractivity contribution in [3.63, 3.8) is 0 Å². The third kappa shape index (κ3) is 2.56. The quantitative estimate of drug-likeness (QED) is 0.527. The van der Waals surface area contributed by atoms with E-state index in [9.17, 15) is 0 Å². The smallest absolute Gasteiger partial charge is 0.0737 e. The molecule has 1 aliphatic rings. The first kappa shape index (κ1) is 19.2. The molecule has 0 fully saturated rings. The van der Waals surface area contributed by atoms with Crippen LogP contribution in [0, 0.1) is 13.8 Å². The van der Waals surface area contributed by atoms with Gasteiger partial charge in [-0.05, 0) is 51.3 Å². The first-order chi connectivity index (χ1) is 11.0. The van der Waals surface area contributed by atoms with Crippen LogP contribution < -0.4 is 5.19 Å². The van der Waals surface area contributed by atoms with Gasteiger partial charge in [0.05, 0.1) is 0 Å². The molecule has 1 atom stereocenters. The van der Waals surface area contributed by atoms with Gasteiger partial charge in [-0.3, -0.25) is 0 Å². The molecule has 0 saturated heterocycles. The van der Waals surface area contributed by atoms with Crippen LogP contribution in [0.15, 0.2) is 41.0 Å². The van der Waals surface area contributed by atoms with Gasteiger partial charge in [-0.15, -0.1) is 0 Å². The molecule has 1 aliphatic carbocycles. The highest BCUT2D eigenvalue weighted by Gasteiger charge is 2.56. The molecule has 1 heteroatoms. The summed E-state index contributed by atoms with van der Waals surface area (Å²) in [6, 6.07) is 7.30. The number of allylic oxidation sites excluding steroid dienone is 4. The molecule has 132 valence electrons. The second kappa shape index (κ2) is 6.33. The van der Waals surface area contributed by atoms with E-state index in [1.54, 1.807) is 10.8 Å². The van der Waals surface area contributed by atoms with Gasteiger partial charge in [0.25, 0.3) is 0 Å². The largest absolute Gasteiger partial charge is 0.106 e. The van der Waals surface area contributed by atoms with Crippen molar-refractivity contribution in [2.24, 2.45) is 0 Å². The van der Waals surface area contributed by atoms with E-state index in [1.807, 2.05) is 0 Å². The zero-order valence-electron chi connectivity index (χ0n) is 17.5. The maximum absolute atomic E-state index is 2.61. The molecule has 0 heterocycles. The molecule has 0 spiro atoms. The minimum absolute atomic E-state index is 0.198. The van der Waals surface area contributed by atoms with Gasteiger partial charge in [0.2, 0.25) is 0 Å². The molecule has 0 nitrogen and oxygen atoms in total. The van der Waals surface area contributed by atoms with Gasteiger partial charge in [0, 0.05) is 5.04 Å². The summed E-state index contributed by atoms with van der Waals surface area (Å²) in [5.74, 6) is 0. The number of benzene rings is 1. The van der Waals surface area contributed by atoms with Crippen molar-refractivity contribution in [1.29, 1.82) is 0 Å². The number of hydrogen-bond acceptors (Lipinski definition) is 0. The van der Waals surface area contributed by atoms with Crippen LogP contribution in [0.1, 0.15) is 66.5 Å². The Morgan fingerprint density at radius 2 is 1.25 bits per heavy atom. The average Bonchev–Trinajstić information content (AvgIpc) is 2.62. The molecule has 0 aromatic heterocycles. The second-order valence-electron chi connectivity index (χ2n) is 8.83. The van der Waals surface area contributed by atoms with Gasteiger partial charge in [-0.25, -0.2) is 0 Å². The molecule has 0 amide bonds. The predicted molar refractivity (Wildman–Crippen MR) is 112 cm³/mol. The molecular weight excluding hydrogens is 304 g/mol. The summed E-state index contributed by atoms with van der Waals surface area (Å²) in [5, 5.41) is 1.84. The van der Waals surface area contributed by atoms with Crippen LogP contribution in [-0.2, 0) is 0 Å². The summed E-state index contributed by atoms with van der Waals surface area (Å²) >= 11 is 0. The Kier molecular flexibility index (Phi) is 5.08. The van der Waals surface area contributed by atoms with E-state index in [2.05, 4.69) is 93.5 Å². The molecule has 24 heavy (non-hydrogen) atoms. The zero-order valence-corrected chi connectivity index (χ0v) is 18.5. The lowest BCUT2D eigenvalue weighted by Gasteiger charge is -2.52. The van der Waals surface area contributed by atoms with E-state index >= 15 is 0 Å². The Balaban J connectivity index is 2.89. The Labute approximate surface area is 151 Å². The average molecular weight is 341 g/mol. The zero-order chi connectivity index (χ0) is 18.4. The van der Waals surface area contributed by atoms with Crippen LogP contribution in [0.4, 0.5) is 0 Å². The molecule has 1 aromatic rings. The molecular formula is C23H36Si. The Bertz CT molecular complexity index is 674. The van der Waals surface area contributed by atoms with Crippen LogP contribution in [0.25, 0.3) is 0 Å². The van der Waals surface area contributed by atoms with E-state index < -0.39 is 8.07 Å². The van der Waals surface area contributed by atoms with E-state index in [4.69, 9.17) is 0 Å². The molecule has 0 N–H and O–H groups in total. The topological polar surface area (TPSA) is 0 Å². The third-order valence-electron chi connectivity index (χ3n) is 6.82. The van der Waals surface area contributed by atoms with E-state index in [0.29, 0.717) is 11.1 Å². The van der Waals surface area contributed by atoms with E-state index in [0.717, 1.165) is 0 Å². The van der Waals surface area contributed by atoms with Crippen molar-refractivity contribution in [3.8, 4) is 0 Å². The van der Waals surface area contributed by atoms with Gasteiger partial charge in [-0.2, -0.15) is 0 Å². The van der Waals surface area contributed by atoms with Crippen molar-refractivity contribution in [1.82, 2.24) is 0 Å². The van der Waals surface area contributed by atoms with Crippen molar-refractivity contribution < 1.29 is 0 Å². The van der Waals surface area contributed by atoms with E-state index in [-0.39, 0.29) is 5.04 Å². The highest BCUT2D eigenvalue weighted by molar-refractivity contribution is 6.97. The summed E-state index contributed by atoms with van der Waals surface area (Å²) in [4.78, 5) is 0. The summed E-state index contributed by atoms with van der Waals surface area (Å²) in [6.45, 7) is 23.9. The van der Waals surface area contributed by atoms with Gasteiger partial charge >= 0.3 is 0 Å². The molecule has 2 rings (SSSR count). The monoisotopic (exact) mass is 340 g/mol. The molecule has 0 bridgehead atoms. The van der Waals surface area contributed by atoms with E-state index in [1.165, 1.54) is 22.3 Å². The molecule has 0 aliphatic heterocycles. The fourth-order valence-electron chi connectivity index (χ4n) is 5.81. The lowest BCUT2D eigenvalue weighted by atomic mass is 10.0. The lowest BCUT2D eigenvalue weighted by Crippen LogP contribution is -2.61. The number of aryl methyl sites for hydroxylation is 2. The lowest BCUT2D eigenvalue weighted by molar-refractivity contribution is 0.760. The van der Waals surface area contributed by atoms with Crippen LogP contribution in [0.2, 0.25) is 16.1 Å². The highest BCUT2D eigenvalue weighted by Crippen LogP contribution is 2.59. The SMILES string of the molecule is CC1=CC(C)([Si](c2cc(C)cc(C)c2)(C(C)C)C(C)C)C(C)=C1C. The highest BCUT2D eigenvalue weighted by atomic mass is 28.3. The summed E-state index contributed by atoms with van der Waals surface area (Å²) in [7, 11) is -1.86. The third-order valence-corrected chi connectivity index (χ3v) is 13.9. The predicted octanol–water partition coefficient (Wildman–Crippen LogP) is 6.84. The normalized spacial score (nSPS) is 21.9. The van der Waals surface area contributed by atoms with Crippen molar-refractivity contribution in [3.05, 3.63) is 52.1 Å². The van der Waals surface area contributed by atoms with Crippen LogP contribution in [0.5, 0.6) is 0 Å². The summed E-state index contributed by atoms with van der Waals surface area (Å²) in [5.41, 5.74) is 8.79. The van der Waals surface area contributed by atoms with Crippen LogP contribution >= 0.6 is 0 Å². The molecule has 0 radical (unpaired) electrons. The molecule has 1 unspecified atom stereocenters. The Morgan fingerprint density at radius 3 is 1.58 bits per heavy atom. The molecule has 1 aromatic carbocycles. The first-order valence-corrected chi connectivity index (χ1v) is 11.6. The molecule has 0 saturated carbocycles. The number of hydrogen-bond donors (Lipinski definition) is 0.